The molecule has 2 atom stereocenters. The highest BCUT2D eigenvalue weighted by Crippen LogP contribution is 2.44. The zero-order valence-corrected chi connectivity index (χ0v) is 16.4. The van der Waals surface area contributed by atoms with Crippen LogP contribution in [0.2, 0.25) is 5.02 Å². The summed E-state index contributed by atoms with van der Waals surface area (Å²) in [5.74, 6) is 1.56. The van der Waals surface area contributed by atoms with Crippen molar-refractivity contribution in [2.75, 3.05) is 13.1 Å². The maximum Gasteiger partial charge on any atom is 0.0446 e. The SMILES string of the molecule is CC1CCCN(C2CCc3cc(-c4ccc(C5CC5)c(Cl)c4)ccc32)C1. The highest BCUT2D eigenvalue weighted by Gasteiger charge is 2.30. The number of halogens is 1. The summed E-state index contributed by atoms with van der Waals surface area (Å²) in [4.78, 5) is 2.74. The van der Waals surface area contributed by atoms with Gasteiger partial charge >= 0.3 is 0 Å². The molecule has 1 nitrogen and oxygen atoms in total. The molecule has 1 heterocycles. The highest BCUT2D eigenvalue weighted by molar-refractivity contribution is 6.31. The molecule has 0 radical (unpaired) electrons. The van der Waals surface area contributed by atoms with Gasteiger partial charge in [-0.25, -0.2) is 0 Å². The van der Waals surface area contributed by atoms with Gasteiger partial charge in [-0.3, -0.25) is 4.90 Å². The summed E-state index contributed by atoms with van der Waals surface area (Å²) in [6.07, 6.45) is 7.85. The van der Waals surface area contributed by atoms with Crippen molar-refractivity contribution in [1.82, 2.24) is 4.90 Å². The molecule has 2 fully saturated rings. The molecule has 0 spiro atoms. The molecule has 0 amide bonds. The van der Waals surface area contributed by atoms with Crippen LogP contribution in [-0.2, 0) is 6.42 Å². The van der Waals surface area contributed by atoms with Crippen LogP contribution in [-0.4, -0.2) is 18.0 Å². The van der Waals surface area contributed by atoms with E-state index in [1.165, 1.54) is 68.3 Å². The molecule has 136 valence electrons. The molecule has 1 saturated heterocycles. The van der Waals surface area contributed by atoms with Crippen LogP contribution in [0.3, 0.4) is 0 Å². The van der Waals surface area contributed by atoms with Crippen LogP contribution < -0.4 is 0 Å². The molecule has 2 aromatic carbocycles. The largest absolute Gasteiger partial charge is 0.296 e. The van der Waals surface area contributed by atoms with E-state index in [4.69, 9.17) is 11.6 Å². The first-order valence-corrected chi connectivity index (χ1v) is 10.7. The molecule has 0 bridgehead atoms. The smallest absolute Gasteiger partial charge is 0.0446 e. The Balaban J connectivity index is 1.41. The van der Waals surface area contributed by atoms with Gasteiger partial charge in [-0.15, -0.1) is 0 Å². The second-order valence-corrected chi connectivity index (χ2v) is 9.13. The average molecular weight is 366 g/mol. The number of likely N-dealkylation sites (tertiary alicyclic amines) is 1. The van der Waals surface area contributed by atoms with Crippen LogP contribution in [0.4, 0.5) is 0 Å². The quantitative estimate of drug-likeness (QED) is 0.592. The van der Waals surface area contributed by atoms with Gasteiger partial charge in [0, 0.05) is 17.6 Å². The summed E-state index contributed by atoms with van der Waals surface area (Å²) < 4.78 is 0. The van der Waals surface area contributed by atoms with Crippen molar-refractivity contribution in [3.63, 3.8) is 0 Å². The summed E-state index contributed by atoms with van der Waals surface area (Å²) >= 11 is 6.56. The highest BCUT2D eigenvalue weighted by atomic mass is 35.5. The number of aryl methyl sites for hydroxylation is 1. The van der Waals surface area contributed by atoms with Gasteiger partial charge in [-0.1, -0.05) is 48.9 Å². The second kappa shape index (κ2) is 6.69. The Kier molecular flexibility index (Phi) is 4.33. The molecular weight excluding hydrogens is 338 g/mol. The number of hydrogen-bond donors (Lipinski definition) is 0. The summed E-state index contributed by atoms with van der Waals surface area (Å²) in [5, 5.41) is 0.950. The first-order valence-electron chi connectivity index (χ1n) is 10.4. The van der Waals surface area contributed by atoms with Crippen LogP contribution >= 0.6 is 11.6 Å². The standard InChI is InChI=1S/C24H28ClN/c1-16-3-2-12-26(15-16)24-11-8-20-13-18(7-10-22(20)24)19-6-9-21(17-4-5-17)23(25)14-19/h6-7,9-10,13-14,16-17,24H,2-5,8,11-12,15H2,1H3. The van der Waals surface area contributed by atoms with Crippen LogP contribution in [0.15, 0.2) is 36.4 Å². The Bertz CT molecular complexity index is 823. The first kappa shape index (κ1) is 16.8. The molecule has 26 heavy (non-hydrogen) atoms. The van der Waals surface area contributed by atoms with Crippen molar-refractivity contribution in [2.45, 2.75) is 57.4 Å². The molecule has 3 aliphatic rings. The summed E-state index contributed by atoms with van der Waals surface area (Å²) in [6.45, 7) is 4.94. The monoisotopic (exact) mass is 365 g/mol. The normalized spacial score (nSPS) is 26.1. The third kappa shape index (κ3) is 3.10. The molecule has 2 heteroatoms. The molecule has 5 rings (SSSR count). The average Bonchev–Trinajstić information content (AvgIpc) is 3.40. The Labute approximate surface area is 162 Å². The van der Waals surface area contributed by atoms with Crippen molar-refractivity contribution in [3.8, 4) is 11.1 Å². The van der Waals surface area contributed by atoms with Crippen LogP contribution in [0.1, 0.15) is 67.7 Å². The molecule has 0 N–H and O–H groups in total. The van der Waals surface area contributed by atoms with E-state index < -0.39 is 0 Å². The van der Waals surface area contributed by atoms with Gasteiger partial charge in [0.25, 0.3) is 0 Å². The van der Waals surface area contributed by atoms with Crippen molar-refractivity contribution in [1.29, 1.82) is 0 Å². The Hall–Kier alpha value is -1.31. The maximum atomic E-state index is 6.56. The van der Waals surface area contributed by atoms with E-state index in [1.54, 1.807) is 11.1 Å². The van der Waals surface area contributed by atoms with E-state index in [0.717, 1.165) is 10.9 Å². The number of piperidine rings is 1. The van der Waals surface area contributed by atoms with Gasteiger partial charge < -0.3 is 0 Å². The predicted molar refractivity (Wildman–Crippen MR) is 110 cm³/mol. The van der Waals surface area contributed by atoms with E-state index in [9.17, 15) is 0 Å². The summed E-state index contributed by atoms with van der Waals surface area (Å²) in [7, 11) is 0. The molecular formula is C24H28ClN. The minimum Gasteiger partial charge on any atom is -0.296 e. The summed E-state index contributed by atoms with van der Waals surface area (Å²) in [6, 6.07) is 14.5. The number of nitrogens with zero attached hydrogens (tertiary/aromatic N) is 1. The van der Waals surface area contributed by atoms with E-state index in [1.807, 2.05) is 0 Å². The molecule has 2 unspecified atom stereocenters. The van der Waals surface area contributed by atoms with E-state index in [-0.39, 0.29) is 0 Å². The Morgan fingerprint density at radius 2 is 1.69 bits per heavy atom. The Morgan fingerprint density at radius 3 is 2.42 bits per heavy atom. The predicted octanol–water partition coefficient (Wildman–Crippen LogP) is 6.60. The Morgan fingerprint density at radius 1 is 0.923 bits per heavy atom. The third-order valence-corrected chi connectivity index (χ3v) is 7.00. The number of benzene rings is 2. The van der Waals surface area contributed by atoms with Gasteiger partial charge in [0.2, 0.25) is 0 Å². The minimum absolute atomic E-state index is 0.641. The molecule has 0 aromatic heterocycles. The fourth-order valence-electron chi connectivity index (χ4n) is 5.09. The second-order valence-electron chi connectivity index (χ2n) is 8.72. The van der Waals surface area contributed by atoms with E-state index >= 15 is 0 Å². The lowest BCUT2D eigenvalue weighted by molar-refractivity contribution is 0.129. The van der Waals surface area contributed by atoms with Crippen LogP contribution in [0.25, 0.3) is 11.1 Å². The zero-order chi connectivity index (χ0) is 17.7. The fraction of sp³-hybridized carbons (Fsp3) is 0.500. The molecule has 1 saturated carbocycles. The number of fused-ring (bicyclic) bond motifs is 1. The summed E-state index contributed by atoms with van der Waals surface area (Å²) in [5.41, 5.74) is 7.05. The third-order valence-electron chi connectivity index (χ3n) is 6.67. The lowest BCUT2D eigenvalue weighted by atomic mass is 9.95. The van der Waals surface area contributed by atoms with Crippen molar-refractivity contribution in [3.05, 3.63) is 58.1 Å². The number of rotatable bonds is 3. The molecule has 2 aliphatic carbocycles. The van der Waals surface area contributed by atoms with Gasteiger partial charge in [0.15, 0.2) is 0 Å². The first-order chi connectivity index (χ1) is 12.7. The maximum absolute atomic E-state index is 6.56. The van der Waals surface area contributed by atoms with Gasteiger partial charge in [0.1, 0.15) is 0 Å². The molecule has 1 aliphatic heterocycles. The lowest BCUT2D eigenvalue weighted by Gasteiger charge is -2.36. The van der Waals surface area contributed by atoms with E-state index in [2.05, 4.69) is 48.2 Å². The van der Waals surface area contributed by atoms with Gasteiger partial charge in [-0.05, 0) is 90.8 Å². The minimum atomic E-state index is 0.641. The fourth-order valence-corrected chi connectivity index (χ4v) is 5.43. The zero-order valence-electron chi connectivity index (χ0n) is 15.7. The lowest BCUT2D eigenvalue weighted by Crippen LogP contribution is -2.36. The van der Waals surface area contributed by atoms with Gasteiger partial charge in [0.05, 0.1) is 0 Å². The van der Waals surface area contributed by atoms with Crippen LogP contribution in [0, 0.1) is 5.92 Å². The van der Waals surface area contributed by atoms with Crippen molar-refractivity contribution < 1.29 is 0 Å². The topological polar surface area (TPSA) is 3.24 Å². The number of hydrogen-bond acceptors (Lipinski definition) is 1. The van der Waals surface area contributed by atoms with Crippen molar-refractivity contribution in [2.24, 2.45) is 5.92 Å². The van der Waals surface area contributed by atoms with Crippen LogP contribution in [0.5, 0.6) is 0 Å². The van der Waals surface area contributed by atoms with Gasteiger partial charge in [-0.2, -0.15) is 0 Å². The van der Waals surface area contributed by atoms with E-state index in [0.29, 0.717) is 12.0 Å². The molecule has 2 aromatic rings. The van der Waals surface area contributed by atoms with Crippen molar-refractivity contribution >= 4 is 11.6 Å².